The second-order valence-corrected chi connectivity index (χ2v) is 8.10. The first-order chi connectivity index (χ1) is 12.2. The van der Waals surface area contributed by atoms with E-state index in [0.717, 1.165) is 35.6 Å². The van der Waals surface area contributed by atoms with Gasteiger partial charge in [0.15, 0.2) is 0 Å². The van der Waals surface area contributed by atoms with Crippen LogP contribution in [0.3, 0.4) is 0 Å². The molecule has 2 aliphatic rings. The Morgan fingerprint density at radius 3 is 2.84 bits per heavy atom. The van der Waals surface area contributed by atoms with Gasteiger partial charge in [-0.3, -0.25) is 4.79 Å². The van der Waals surface area contributed by atoms with Gasteiger partial charge in [0.1, 0.15) is 17.7 Å². The van der Waals surface area contributed by atoms with Crippen molar-refractivity contribution in [1.82, 2.24) is 5.32 Å². The van der Waals surface area contributed by atoms with Gasteiger partial charge in [0, 0.05) is 6.42 Å². The number of amides is 1. The summed E-state index contributed by atoms with van der Waals surface area (Å²) in [5.41, 5.74) is 3.23. The Labute approximate surface area is 150 Å². The molecule has 3 aromatic rings. The van der Waals surface area contributed by atoms with Gasteiger partial charge < -0.3 is 15.5 Å². The zero-order valence-electron chi connectivity index (χ0n) is 14.1. The van der Waals surface area contributed by atoms with E-state index in [-0.39, 0.29) is 12.1 Å². The van der Waals surface area contributed by atoms with Gasteiger partial charge >= 0.3 is 0 Å². The Bertz CT molecular complexity index is 994. The minimum Gasteiger partial charge on any atom is -0.353 e. The van der Waals surface area contributed by atoms with Gasteiger partial charge in [-0.1, -0.05) is 36.4 Å². The van der Waals surface area contributed by atoms with Crippen molar-refractivity contribution in [1.29, 1.82) is 0 Å². The molecule has 1 aromatic heterocycles. The Hall–Kier alpha value is -2.37. The number of quaternary nitrogens is 1. The molecule has 0 saturated carbocycles. The van der Waals surface area contributed by atoms with Crippen LogP contribution in [-0.4, -0.2) is 19.5 Å². The molecule has 2 aliphatic heterocycles. The zero-order valence-corrected chi connectivity index (χ0v) is 14.9. The predicted octanol–water partition coefficient (Wildman–Crippen LogP) is 2.33. The van der Waals surface area contributed by atoms with E-state index in [0.29, 0.717) is 0 Å². The highest BCUT2D eigenvalue weighted by molar-refractivity contribution is 7.16. The van der Waals surface area contributed by atoms with Crippen molar-refractivity contribution in [2.24, 2.45) is 0 Å². The van der Waals surface area contributed by atoms with Crippen molar-refractivity contribution in [3.8, 4) is 0 Å². The monoisotopic (exact) mass is 350 g/mol. The predicted molar refractivity (Wildman–Crippen MR) is 101 cm³/mol. The van der Waals surface area contributed by atoms with E-state index in [1.807, 2.05) is 12.1 Å². The summed E-state index contributed by atoms with van der Waals surface area (Å²) in [4.78, 5) is 15.7. The lowest BCUT2D eigenvalue weighted by Crippen LogP contribution is -3.08. The number of carbonyl (C=O) groups excluding carboxylic acids is 1. The van der Waals surface area contributed by atoms with Gasteiger partial charge in [-0.25, -0.2) is 0 Å². The van der Waals surface area contributed by atoms with E-state index in [9.17, 15) is 4.79 Å². The summed E-state index contributed by atoms with van der Waals surface area (Å²) in [5, 5.41) is 10.1. The third-order valence-electron chi connectivity index (χ3n) is 5.24. The summed E-state index contributed by atoms with van der Waals surface area (Å²) < 4.78 is 0. The van der Waals surface area contributed by atoms with Crippen LogP contribution in [0.1, 0.15) is 32.5 Å². The van der Waals surface area contributed by atoms with Gasteiger partial charge in [-0.15, -0.1) is 11.3 Å². The van der Waals surface area contributed by atoms with Crippen LogP contribution in [0.2, 0.25) is 0 Å². The van der Waals surface area contributed by atoms with Crippen molar-refractivity contribution in [2.75, 3.05) is 18.9 Å². The molecule has 0 bridgehead atoms. The molecule has 126 valence electrons. The van der Waals surface area contributed by atoms with E-state index in [2.05, 4.69) is 48.0 Å². The van der Waals surface area contributed by atoms with Crippen molar-refractivity contribution >= 4 is 33.0 Å². The molecule has 5 heteroatoms. The third kappa shape index (κ3) is 2.42. The number of hydrogen-bond acceptors (Lipinski definition) is 3. The van der Waals surface area contributed by atoms with Crippen LogP contribution in [0.15, 0.2) is 42.5 Å². The minimum atomic E-state index is -0.171. The smallest absolute Gasteiger partial charge is 0.256 e. The summed E-state index contributed by atoms with van der Waals surface area (Å²) in [7, 11) is 2.22. The SMILES string of the molecule is C[NH+]1CCc2c(sc3c2C(=O)N[C@@H](c2ccc4ccccc4c2)N3)C1. The first kappa shape index (κ1) is 14.9. The van der Waals surface area contributed by atoms with Crippen LogP contribution in [0.4, 0.5) is 5.00 Å². The molecule has 0 radical (unpaired) electrons. The Balaban J connectivity index is 1.52. The molecule has 25 heavy (non-hydrogen) atoms. The maximum Gasteiger partial charge on any atom is 0.256 e. The standard InChI is InChI=1S/C20H19N3OS/c1-23-9-8-15-16(11-23)25-20-17(15)19(24)21-18(22-20)14-7-6-12-4-2-3-5-13(12)10-14/h2-7,10,18,22H,8-9,11H2,1H3,(H,21,24)/p+1/t18-/m1/s1. The molecule has 3 N–H and O–H groups in total. The molecular formula is C20H20N3OS+. The van der Waals surface area contributed by atoms with Crippen molar-refractivity contribution in [3.05, 3.63) is 64.0 Å². The molecule has 1 unspecified atom stereocenters. The molecule has 4 nitrogen and oxygen atoms in total. The Morgan fingerprint density at radius 2 is 1.96 bits per heavy atom. The lowest BCUT2D eigenvalue weighted by Gasteiger charge is -2.27. The fourth-order valence-electron chi connectivity index (χ4n) is 3.89. The molecule has 0 fully saturated rings. The van der Waals surface area contributed by atoms with E-state index < -0.39 is 0 Å². The maximum absolute atomic E-state index is 12.8. The highest BCUT2D eigenvalue weighted by atomic mass is 32.1. The topological polar surface area (TPSA) is 45.6 Å². The van der Waals surface area contributed by atoms with E-state index in [1.165, 1.54) is 26.1 Å². The maximum atomic E-state index is 12.8. The van der Waals surface area contributed by atoms with Gasteiger partial charge in [-0.05, 0) is 28.0 Å². The average Bonchev–Trinajstić information content (AvgIpc) is 2.99. The van der Waals surface area contributed by atoms with Crippen molar-refractivity contribution < 1.29 is 9.69 Å². The van der Waals surface area contributed by atoms with E-state index in [1.54, 1.807) is 11.3 Å². The first-order valence-electron chi connectivity index (χ1n) is 8.71. The summed E-state index contributed by atoms with van der Waals surface area (Å²) in [6.45, 7) is 2.11. The Morgan fingerprint density at radius 1 is 1.12 bits per heavy atom. The highest BCUT2D eigenvalue weighted by Gasteiger charge is 2.33. The van der Waals surface area contributed by atoms with Crippen LogP contribution in [0, 0.1) is 0 Å². The van der Waals surface area contributed by atoms with Crippen LogP contribution in [-0.2, 0) is 13.0 Å². The van der Waals surface area contributed by atoms with Crippen molar-refractivity contribution in [3.63, 3.8) is 0 Å². The minimum absolute atomic E-state index is 0.0592. The highest BCUT2D eigenvalue weighted by Crippen LogP contribution is 2.39. The lowest BCUT2D eigenvalue weighted by atomic mass is 10.00. The molecule has 5 rings (SSSR count). The number of anilines is 1. The zero-order chi connectivity index (χ0) is 17.0. The van der Waals surface area contributed by atoms with Gasteiger partial charge in [0.2, 0.25) is 0 Å². The van der Waals surface area contributed by atoms with Gasteiger partial charge in [-0.2, -0.15) is 0 Å². The molecule has 1 amide bonds. The third-order valence-corrected chi connectivity index (χ3v) is 6.40. The average molecular weight is 350 g/mol. The summed E-state index contributed by atoms with van der Waals surface area (Å²) in [6.07, 6.45) is 0.817. The Kier molecular flexibility index (Phi) is 3.33. The fourth-order valence-corrected chi connectivity index (χ4v) is 5.27. The number of hydrogen-bond donors (Lipinski definition) is 3. The number of carbonyl (C=O) groups is 1. The lowest BCUT2D eigenvalue weighted by molar-refractivity contribution is -0.895. The summed E-state index contributed by atoms with van der Waals surface area (Å²) >= 11 is 1.75. The summed E-state index contributed by atoms with van der Waals surface area (Å²) in [5.74, 6) is 0.0592. The second kappa shape index (κ2) is 5.58. The first-order valence-corrected chi connectivity index (χ1v) is 9.52. The van der Waals surface area contributed by atoms with Crippen LogP contribution >= 0.6 is 11.3 Å². The van der Waals surface area contributed by atoms with E-state index in [4.69, 9.17) is 0 Å². The molecule has 2 aromatic carbocycles. The normalized spacial score (nSPS) is 22.0. The molecule has 0 aliphatic carbocycles. The molecular weight excluding hydrogens is 330 g/mol. The van der Waals surface area contributed by atoms with Crippen LogP contribution in [0.5, 0.6) is 0 Å². The molecule has 0 saturated heterocycles. The largest absolute Gasteiger partial charge is 0.353 e. The number of benzene rings is 2. The van der Waals surface area contributed by atoms with Crippen LogP contribution in [0.25, 0.3) is 10.8 Å². The quantitative estimate of drug-likeness (QED) is 0.631. The number of nitrogens with one attached hydrogen (secondary N) is 3. The second-order valence-electron chi connectivity index (χ2n) is 7.00. The number of thiophene rings is 1. The van der Waals surface area contributed by atoms with Crippen LogP contribution < -0.4 is 15.5 Å². The summed E-state index contributed by atoms with van der Waals surface area (Å²) in [6, 6.07) is 14.7. The van der Waals surface area contributed by atoms with E-state index >= 15 is 0 Å². The van der Waals surface area contributed by atoms with Gasteiger partial charge in [0.25, 0.3) is 5.91 Å². The number of fused-ring (bicyclic) bond motifs is 4. The van der Waals surface area contributed by atoms with Crippen molar-refractivity contribution in [2.45, 2.75) is 19.1 Å². The van der Waals surface area contributed by atoms with Gasteiger partial charge in [0.05, 0.1) is 24.0 Å². The number of rotatable bonds is 1. The molecule has 3 heterocycles. The number of likely N-dealkylation sites (N-methyl/N-ethyl adjacent to an activating group) is 1. The molecule has 2 atom stereocenters. The fraction of sp³-hybridized carbons (Fsp3) is 0.250. The molecule has 0 spiro atoms.